The summed E-state index contributed by atoms with van der Waals surface area (Å²) in [7, 11) is 1.79. The number of benzene rings is 1. The van der Waals surface area contributed by atoms with E-state index in [2.05, 4.69) is 32.0 Å². The number of rotatable bonds is 7. The number of aromatic amines is 1. The van der Waals surface area contributed by atoms with Gasteiger partial charge in [0.05, 0.1) is 16.6 Å². The Morgan fingerprint density at radius 3 is 2.76 bits per heavy atom. The minimum atomic E-state index is 0.349. The summed E-state index contributed by atoms with van der Waals surface area (Å²) in [4.78, 5) is 12.4. The summed E-state index contributed by atoms with van der Waals surface area (Å²) in [5, 5.41) is 27.4. The summed E-state index contributed by atoms with van der Waals surface area (Å²) < 4.78 is 11.9. The molecule has 1 fully saturated rings. The Bertz CT molecular complexity index is 1290. The monoisotopic (exact) mass is 444 g/mol. The van der Waals surface area contributed by atoms with E-state index < -0.39 is 0 Å². The summed E-state index contributed by atoms with van der Waals surface area (Å²) >= 11 is 0. The van der Waals surface area contributed by atoms with Gasteiger partial charge in [-0.05, 0) is 37.5 Å². The van der Waals surface area contributed by atoms with Gasteiger partial charge in [0.2, 0.25) is 5.95 Å². The molecule has 3 aromatic rings. The molecule has 0 radical (unpaired) electrons. The van der Waals surface area contributed by atoms with Gasteiger partial charge in [-0.15, -0.1) is 0 Å². The molecular formula is C23H24N8O2. The zero-order valence-electron chi connectivity index (χ0n) is 18.2. The predicted octanol–water partition coefficient (Wildman–Crippen LogP) is 3.52. The molecule has 1 saturated carbocycles. The second-order valence-electron chi connectivity index (χ2n) is 7.84. The van der Waals surface area contributed by atoms with E-state index in [0.29, 0.717) is 64.8 Å². The summed E-state index contributed by atoms with van der Waals surface area (Å²) in [5.74, 6) is 2.17. The molecule has 168 valence electrons. The van der Waals surface area contributed by atoms with Crippen LogP contribution in [0, 0.1) is 16.7 Å². The predicted molar refractivity (Wildman–Crippen MR) is 126 cm³/mol. The quantitative estimate of drug-likeness (QED) is 0.348. The van der Waals surface area contributed by atoms with Crippen LogP contribution in [0.3, 0.4) is 0 Å². The molecule has 0 spiro atoms. The molecule has 1 aliphatic carbocycles. The molecule has 0 atom stereocenters. The molecule has 2 aromatic heterocycles. The number of aromatic nitrogens is 3. The molecule has 0 saturated heterocycles. The number of ether oxygens (including phenoxy) is 2. The van der Waals surface area contributed by atoms with Crippen LogP contribution in [0.4, 0.5) is 17.5 Å². The lowest BCUT2D eigenvalue weighted by atomic mass is 9.93. The van der Waals surface area contributed by atoms with Crippen LogP contribution in [0.1, 0.15) is 30.4 Å². The van der Waals surface area contributed by atoms with Crippen molar-refractivity contribution in [1.82, 2.24) is 20.3 Å². The zero-order valence-corrected chi connectivity index (χ0v) is 18.2. The Kier molecular flexibility index (Phi) is 5.44. The molecule has 0 bridgehead atoms. The van der Waals surface area contributed by atoms with Gasteiger partial charge in [0.25, 0.3) is 0 Å². The largest absolute Gasteiger partial charge is 0.485 e. The second kappa shape index (κ2) is 8.70. The minimum Gasteiger partial charge on any atom is -0.485 e. The first-order valence-corrected chi connectivity index (χ1v) is 10.9. The Hall–Kier alpha value is -4.26. The van der Waals surface area contributed by atoms with Crippen molar-refractivity contribution in [3.8, 4) is 17.6 Å². The van der Waals surface area contributed by atoms with E-state index in [1.807, 2.05) is 12.1 Å². The van der Waals surface area contributed by atoms with Crippen molar-refractivity contribution in [2.75, 3.05) is 30.9 Å². The third-order valence-corrected chi connectivity index (χ3v) is 5.84. The Labute approximate surface area is 190 Å². The number of fused-ring (bicyclic) bond motifs is 2. The second-order valence-corrected chi connectivity index (χ2v) is 7.84. The lowest BCUT2D eigenvalue weighted by Gasteiger charge is -2.27. The average molecular weight is 444 g/mol. The Morgan fingerprint density at radius 1 is 1.24 bits per heavy atom. The first-order valence-electron chi connectivity index (χ1n) is 10.9. The van der Waals surface area contributed by atoms with Crippen LogP contribution >= 0.6 is 0 Å². The van der Waals surface area contributed by atoms with Crippen molar-refractivity contribution in [1.29, 1.82) is 10.7 Å². The number of hydrogen-bond donors (Lipinski definition) is 5. The van der Waals surface area contributed by atoms with Crippen LogP contribution in [0.5, 0.6) is 11.5 Å². The molecule has 33 heavy (non-hydrogen) atoms. The Morgan fingerprint density at radius 2 is 2.06 bits per heavy atom. The first-order chi connectivity index (χ1) is 16.2. The third kappa shape index (κ3) is 3.78. The third-order valence-electron chi connectivity index (χ3n) is 5.84. The van der Waals surface area contributed by atoms with E-state index in [0.717, 1.165) is 24.1 Å². The van der Waals surface area contributed by atoms with Crippen molar-refractivity contribution >= 4 is 40.4 Å². The zero-order chi connectivity index (χ0) is 22.8. The van der Waals surface area contributed by atoms with Crippen LogP contribution in [0.2, 0.25) is 0 Å². The number of nitrogens with zero attached hydrogens (tertiary/aromatic N) is 3. The van der Waals surface area contributed by atoms with Gasteiger partial charge in [0.1, 0.15) is 30.7 Å². The smallest absolute Gasteiger partial charge is 0.231 e. The molecule has 0 amide bonds. The molecule has 0 unspecified atom stereocenters. The van der Waals surface area contributed by atoms with E-state index in [1.54, 1.807) is 19.3 Å². The van der Waals surface area contributed by atoms with Crippen molar-refractivity contribution in [3.63, 3.8) is 0 Å². The molecule has 5 N–H and O–H groups in total. The highest BCUT2D eigenvalue weighted by molar-refractivity contribution is 5.94. The summed E-state index contributed by atoms with van der Waals surface area (Å²) in [6.45, 7) is 0.854. The van der Waals surface area contributed by atoms with E-state index in [-0.39, 0.29) is 0 Å². The molecule has 10 nitrogen and oxygen atoms in total. The van der Waals surface area contributed by atoms with Gasteiger partial charge in [-0.1, -0.05) is 0 Å². The summed E-state index contributed by atoms with van der Waals surface area (Å²) in [6.07, 6.45) is 7.88. The van der Waals surface area contributed by atoms with E-state index >= 15 is 0 Å². The van der Waals surface area contributed by atoms with Gasteiger partial charge in [0, 0.05) is 36.8 Å². The number of hydrogen-bond acceptors (Lipinski definition) is 9. The fourth-order valence-corrected chi connectivity index (χ4v) is 3.99. The van der Waals surface area contributed by atoms with Crippen LogP contribution < -0.4 is 25.4 Å². The summed E-state index contributed by atoms with van der Waals surface area (Å²) in [5.41, 5.74) is 3.31. The molecule has 5 rings (SSSR count). The van der Waals surface area contributed by atoms with Gasteiger partial charge in [-0.25, -0.2) is 0 Å². The fraction of sp³-hybridized carbons (Fsp3) is 0.304. The number of anilines is 3. The maximum absolute atomic E-state index is 9.50. The van der Waals surface area contributed by atoms with Crippen molar-refractivity contribution in [3.05, 3.63) is 35.5 Å². The maximum atomic E-state index is 9.50. The molecule has 2 aliphatic rings. The van der Waals surface area contributed by atoms with Crippen LogP contribution in [0.25, 0.3) is 16.7 Å². The SMILES string of the molecule is CN/C(=C\C=N)c1ccc(Nc2nc(NC3CCC3)c3c(C#N)c[nH]c3n2)c2c1OCCO2. The minimum absolute atomic E-state index is 0.349. The van der Waals surface area contributed by atoms with Gasteiger partial charge in [-0.2, -0.15) is 15.2 Å². The van der Waals surface area contributed by atoms with Gasteiger partial charge >= 0.3 is 0 Å². The highest BCUT2D eigenvalue weighted by atomic mass is 16.6. The van der Waals surface area contributed by atoms with Crippen molar-refractivity contribution in [2.24, 2.45) is 0 Å². The van der Waals surface area contributed by atoms with Gasteiger partial charge < -0.3 is 35.8 Å². The molecule has 1 aliphatic heterocycles. The van der Waals surface area contributed by atoms with E-state index in [1.165, 1.54) is 12.6 Å². The fourth-order valence-electron chi connectivity index (χ4n) is 3.99. The molecular weight excluding hydrogens is 420 g/mol. The molecule has 3 heterocycles. The van der Waals surface area contributed by atoms with E-state index in [9.17, 15) is 5.26 Å². The average Bonchev–Trinajstić information content (AvgIpc) is 3.23. The van der Waals surface area contributed by atoms with Crippen LogP contribution in [-0.2, 0) is 0 Å². The van der Waals surface area contributed by atoms with Crippen LogP contribution in [-0.4, -0.2) is 47.5 Å². The number of nitriles is 1. The standard InChI is InChI=1S/C23H24N8O2/c1-26-16(7-8-24)15-5-6-17(20-19(15)32-9-10-33-20)29-23-30-21-18(13(11-25)12-27-21)22(31-23)28-14-3-2-4-14/h5-8,12,14,24,26H,2-4,9-10H2,1H3,(H3,27,28,29,30,31)/b16-7-,24-8?. The van der Waals surface area contributed by atoms with Crippen molar-refractivity contribution < 1.29 is 9.47 Å². The molecule has 1 aromatic carbocycles. The van der Waals surface area contributed by atoms with Gasteiger partial charge in [0.15, 0.2) is 11.5 Å². The number of H-pyrrole nitrogens is 1. The highest BCUT2D eigenvalue weighted by Gasteiger charge is 2.24. The van der Waals surface area contributed by atoms with E-state index in [4.69, 9.17) is 19.9 Å². The molecule has 10 heteroatoms. The highest BCUT2D eigenvalue weighted by Crippen LogP contribution is 2.43. The van der Waals surface area contributed by atoms with Crippen molar-refractivity contribution in [2.45, 2.75) is 25.3 Å². The maximum Gasteiger partial charge on any atom is 0.231 e. The van der Waals surface area contributed by atoms with Crippen LogP contribution in [0.15, 0.2) is 24.4 Å². The first kappa shape index (κ1) is 20.6. The number of allylic oxidation sites excluding steroid dienone is 1. The lowest BCUT2D eigenvalue weighted by molar-refractivity contribution is 0.172. The summed E-state index contributed by atoms with van der Waals surface area (Å²) in [6, 6.07) is 6.33. The normalized spacial score (nSPS) is 15.5. The Balaban J connectivity index is 1.55. The topological polar surface area (TPSA) is 144 Å². The lowest BCUT2D eigenvalue weighted by Crippen LogP contribution is -2.27. The van der Waals surface area contributed by atoms with Gasteiger partial charge in [-0.3, -0.25) is 0 Å². The number of nitrogens with one attached hydrogen (secondary N) is 5.